The third-order valence-electron chi connectivity index (χ3n) is 4.32. The van der Waals surface area contributed by atoms with Crippen LogP contribution in [0.4, 0.5) is 0 Å². The number of rotatable bonds is 0. The summed E-state index contributed by atoms with van der Waals surface area (Å²) in [6.45, 7) is 0. The van der Waals surface area contributed by atoms with E-state index in [-0.39, 0.29) is 22.6 Å². The number of allylic oxidation sites excluding steroid dienone is 2. The van der Waals surface area contributed by atoms with E-state index in [1.54, 1.807) is 0 Å². The summed E-state index contributed by atoms with van der Waals surface area (Å²) in [4.78, 5) is 23.7. The van der Waals surface area contributed by atoms with Crippen LogP contribution in [-0.2, 0) is 9.59 Å². The molecule has 3 heteroatoms. The Bertz CT molecular complexity index is 328. The molecular weight excluding hydrogens is 178 g/mol. The van der Waals surface area contributed by atoms with E-state index in [4.69, 9.17) is 0 Å². The molecule has 2 unspecified atom stereocenters. The maximum absolute atomic E-state index is 11.9. The van der Waals surface area contributed by atoms with Gasteiger partial charge in [-0.2, -0.15) is 0 Å². The zero-order valence-electron chi connectivity index (χ0n) is 8.01. The zero-order chi connectivity index (χ0) is 9.81. The summed E-state index contributed by atoms with van der Waals surface area (Å²) >= 11 is 0. The van der Waals surface area contributed by atoms with Crippen LogP contribution in [0.25, 0.3) is 0 Å². The molecule has 14 heavy (non-hydrogen) atoms. The van der Waals surface area contributed by atoms with Crippen molar-refractivity contribution in [1.29, 1.82) is 0 Å². The molecule has 0 radical (unpaired) electrons. The molecule has 0 aromatic carbocycles. The highest BCUT2D eigenvalue weighted by atomic mass is 16.2. The first-order chi connectivity index (χ1) is 6.71. The van der Waals surface area contributed by atoms with Crippen LogP contribution in [0, 0.1) is 10.8 Å². The first-order valence-corrected chi connectivity index (χ1v) is 5.22. The van der Waals surface area contributed by atoms with E-state index < -0.39 is 0 Å². The monoisotopic (exact) mass is 191 g/mol. The second kappa shape index (κ2) is 2.27. The maximum atomic E-state index is 11.9. The zero-order valence-corrected chi connectivity index (χ0v) is 8.01. The van der Waals surface area contributed by atoms with Gasteiger partial charge in [0, 0.05) is 0 Å². The lowest BCUT2D eigenvalue weighted by molar-refractivity contribution is -0.132. The third-order valence-corrected chi connectivity index (χ3v) is 4.32. The van der Waals surface area contributed by atoms with Crippen molar-refractivity contribution in [2.75, 3.05) is 0 Å². The van der Waals surface area contributed by atoms with Gasteiger partial charge in [-0.25, -0.2) is 0 Å². The molecule has 2 atom stereocenters. The minimum atomic E-state index is -0.376. The average Bonchev–Trinajstić information content (AvgIpc) is 2.66. The van der Waals surface area contributed by atoms with E-state index >= 15 is 0 Å². The maximum Gasteiger partial charge on any atom is 0.234 e. The molecule has 2 amide bonds. The number of hydrogen-bond donors (Lipinski definition) is 1. The van der Waals surface area contributed by atoms with Crippen LogP contribution in [0.3, 0.4) is 0 Å². The predicted molar refractivity (Wildman–Crippen MR) is 50.2 cm³/mol. The van der Waals surface area contributed by atoms with Crippen LogP contribution in [0.5, 0.6) is 0 Å². The first-order valence-electron chi connectivity index (χ1n) is 5.22. The van der Waals surface area contributed by atoms with Gasteiger partial charge >= 0.3 is 0 Å². The van der Waals surface area contributed by atoms with Crippen molar-refractivity contribution in [3.63, 3.8) is 0 Å². The van der Waals surface area contributed by atoms with Crippen molar-refractivity contribution >= 4 is 11.8 Å². The Morgan fingerprint density at radius 3 is 2.00 bits per heavy atom. The van der Waals surface area contributed by atoms with Gasteiger partial charge in [-0.1, -0.05) is 18.6 Å². The van der Waals surface area contributed by atoms with Crippen LogP contribution in [0.2, 0.25) is 0 Å². The summed E-state index contributed by atoms with van der Waals surface area (Å²) in [5.74, 6) is -0.0475. The Morgan fingerprint density at radius 2 is 1.50 bits per heavy atom. The van der Waals surface area contributed by atoms with Gasteiger partial charge in [0.15, 0.2) is 0 Å². The number of amides is 2. The molecule has 3 nitrogen and oxygen atoms in total. The molecule has 1 aliphatic heterocycles. The molecule has 74 valence electrons. The largest absolute Gasteiger partial charge is 0.295 e. The lowest BCUT2D eigenvalue weighted by atomic mass is 9.61. The molecule has 0 bridgehead atoms. The fourth-order valence-corrected chi connectivity index (χ4v) is 3.52. The summed E-state index contributed by atoms with van der Waals surface area (Å²) in [6, 6.07) is 0. The molecule has 1 N–H and O–H groups in total. The molecule has 0 aromatic heterocycles. The summed E-state index contributed by atoms with van der Waals surface area (Å²) in [5.41, 5.74) is -0.752. The van der Waals surface area contributed by atoms with Crippen molar-refractivity contribution in [2.45, 2.75) is 32.1 Å². The second-order valence-electron chi connectivity index (χ2n) is 4.68. The second-order valence-corrected chi connectivity index (χ2v) is 4.68. The van der Waals surface area contributed by atoms with Crippen LogP contribution >= 0.6 is 0 Å². The normalized spacial score (nSPS) is 44.9. The van der Waals surface area contributed by atoms with Crippen LogP contribution in [-0.4, -0.2) is 11.8 Å². The number of carbonyl (C=O) groups is 2. The summed E-state index contributed by atoms with van der Waals surface area (Å²) < 4.78 is 0. The van der Waals surface area contributed by atoms with Crippen LogP contribution in [0.1, 0.15) is 32.1 Å². The Hall–Kier alpha value is -1.12. The number of nitrogens with one attached hydrogen (secondary N) is 1. The fraction of sp³-hybridized carbons (Fsp3) is 0.636. The first kappa shape index (κ1) is 8.21. The lowest BCUT2D eigenvalue weighted by Crippen LogP contribution is -2.41. The van der Waals surface area contributed by atoms with E-state index in [1.807, 2.05) is 0 Å². The molecule has 0 spiro atoms. The van der Waals surface area contributed by atoms with E-state index in [1.165, 1.54) is 0 Å². The van der Waals surface area contributed by atoms with Gasteiger partial charge in [-0.05, 0) is 25.7 Å². The van der Waals surface area contributed by atoms with Gasteiger partial charge in [0.2, 0.25) is 11.8 Å². The van der Waals surface area contributed by atoms with Crippen molar-refractivity contribution in [1.82, 2.24) is 5.32 Å². The molecular formula is C11H13NO2. The Labute approximate surface area is 82.6 Å². The topological polar surface area (TPSA) is 46.2 Å². The highest BCUT2D eigenvalue weighted by molar-refractivity contribution is 6.10. The van der Waals surface area contributed by atoms with Gasteiger partial charge in [0.05, 0.1) is 10.8 Å². The SMILES string of the molecule is O=C1NC(=O)C23CC=CCC12CCC3. The molecule has 3 rings (SSSR count). The summed E-state index contributed by atoms with van der Waals surface area (Å²) in [6.07, 6.45) is 8.41. The van der Waals surface area contributed by atoms with Gasteiger partial charge in [0.1, 0.15) is 0 Å². The smallest absolute Gasteiger partial charge is 0.234 e. The fourth-order valence-electron chi connectivity index (χ4n) is 3.52. The van der Waals surface area contributed by atoms with Crippen LogP contribution < -0.4 is 5.32 Å². The number of imide groups is 1. The van der Waals surface area contributed by atoms with Gasteiger partial charge in [-0.3, -0.25) is 14.9 Å². The minimum absolute atomic E-state index is 0.0237. The molecule has 2 aliphatic carbocycles. The van der Waals surface area contributed by atoms with E-state index in [9.17, 15) is 9.59 Å². The van der Waals surface area contributed by atoms with Gasteiger partial charge < -0.3 is 0 Å². The highest BCUT2D eigenvalue weighted by Gasteiger charge is 2.67. The van der Waals surface area contributed by atoms with Crippen molar-refractivity contribution in [2.24, 2.45) is 10.8 Å². The molecule has 3 aliphatic rings. The van der Waals surface area contributed by atoms with Crippen molar-refractivity contribution in [3.8, 4) is 0 Å². The van der Waals surface area contributed by atoms with E-state index in [0.29, 0.717) is 0 Å². The lowest BCUT2D eigenvalue weighted by Gasteiger charge is -2.37. The van der Waals surface area contributed by atoms with Crippen molar-refractivity contribution in [3.05, 3.63) is 12.2 Å². The molecule has 0 aromatic rings. The third kappa shape index (κ3) is 0.636. The number of hydrogen-bond acceptors (Lipinski definition) is 2. The summed E-state index contributed by atoms with van der Waals surface area (Å²) in [5, 5.41) is 2.52. The van der Waals surface area contributed by atoms with Gasteiger partial charge in [-0.15, -0.1) is 0 Å². The molecule has 1 saturated heterocycles. The minimum Gasteiger partial charge on any atom is -0.295 e. The summed E-state index contributed by atoms with van der Waals surface area (Å²) in [7, 11) is 0. The standard InChI is InChI=1S/C11H13NO2/c13-8-10-4-1-2-5-11(10,7-3-6-10)9(14)12-8/h1-2H,3-7H2,(H,12,13,14). The molecule has 1 saturated carbocycles. The quantitative estimate of drug-likeness (QED) is 0.461. The number of carbonyl (C=O) groups excluding carboxylic acids is 2. The average molecular weight is 191 g/mol. The van der Waals surface area contributed by atoms with Crippen molar-refractivity contribution < 1.29 is 9.59 Å². The Morgan fingerprint density at radius 1 is 1.00 bits per heavy atom. The molecule has 1 heterocycles. The van der Waals surface area contributed by atoms with E-state index in [0.717, 1.165) is 32.1 Å². The van der Waals surface area contributed by atoms with Crippen LogP contribution in [0.15, 0.2) is 12.2 Å². The predicted octanol–water partition coefficient (Wildman–Crippen LogP) is 1.15. The highest BCUT2D eigenvalue weighted by Crippen LogP contribution is 2.62. The van der Waals surface area contributed by atoms with E-state index in [2.05, 4.69) is 17.5 Å². The Balaban J connectivity index is 2.21. The molecule has 2 fully saturated rings. The Kier molecular flexibility index (Phi) is 1.33. The van der Waals surface area contributed by atoms with Gasteiger partial charge in [0.25, 0.3) is 0 Å².